The van der Waals surface area contributed by atoms with Gasteiger partial charge in [0.2, 0.25) is 5.91 Å². The van der Waals surface area contributed by atoms with E-state index in [-0.39, 0.29) is 5.91 Å². The summed E-state index contributed by atoms with van der Waals surface area (Å²) in [5.41, 5.74) is 0. The van der Waals surface area contributed by atoms with Gasteiger partial charge in [-0.3, -0.25) is 4.79 Å². The second kappa shape index (κ2) is 8.31. The van der Waals surface area contributed by atoms with Gasteiger partial charge in [-0.15, -0.1) is 0 Å². The third kappa shape index (κ3) is 16.1. The molecule has 0 saturated heterocycles. The van der Waals surface area contributed by atoms with Crippen molar-refractivity contribution in [3.8, 4) is 0 Å². The van der Waals surface area contributed by atoms with Gasteiger partial charge in [-0.05, 0) is 12.8 Å². The topological polar surface area (TPSA) is 20.3 Å². The second-order valence-electron chi connectivity index (χ2n) is 3.34. The van der Waals surface area contributed by atoms with Gasteiger partial charge in [0.1, 0.15) is 0 Å². The Morgan fingerprint density at radius 3 is 1.75 bits per heavy atom. The maximum absolute atomic E-state index is 10.4. The van der Waals surface area contributed by atoms with Crippen molar-refractivity contribution in [2.45, 2.75) is 34.6 Å². The summed E-state index contributed by atoms with van der Waals surface area (Å²) in [4.78, 5) is 11.9. The van der Waals surface area contributed by atoms with E-state index >= 15 is 0 Å². The minimum Gasteiger partial charge on any atom is -0.323 e. The molecule has 1 amide bonds. The lowest BCUT2D eigenvalue weighted by Crippen LogP contribution is -2.16. The average Bonchev–Trinajstić information content (AvgIpc) is 1.86. The van der Waals surface area contributed by atoms with Crippen LogP contribution in [0.4, 0.5) is 0 Å². The lowest BCUT2D eigenvalue weighted by molar-refractivity contribution is -0.125. The van der Waals surface area contributed by atoms with Crippen LogP contribution < -0.4 is 0 Å². The lowest BCUT2D eigenvalue weighted by Gasteiger charge is -2.05. The van der Waals surface area contributed by atoms with Crippen molar-refractivity contribution in [2.24, 2.45) is 5.92 Å². The molecular weight excluding hydrogens is 150 g/mol. The number of nitrogens with zero attached hydrogens (tertiary/aromatic N) is 1. The number of allylic oxidation sites excluding steroid dienone is 1. The Bertz CT molecular complexity index is 136. The van der Waals surface area contributed by atoms with Gasteiger partial charge in [0, 0.05) is 20.2 Å². The Balaban J connectivity index is 0. The molecular formula is C10H21NO. The highest BCUT2D eigenvalue weighted by molar-refractivity contribution is 5.73. The molecule has 0 fully saturated rings. The van der Waals surface area contributed by atoms with Gasteiger partial charge in [0.05, 0.1) is 0 Å². The zero-order chi connectivity index (χ0) is 10.1. The Labute approximate surface area is 76.3 Å². The first kappa shape index (κ1) is 13.8. The minimum absolute atomic E-state index is 0.0584. The Kier molecular flexibility index (Phi) is 9.54. The summed E-state index contributed by atoms with van der Waals surface area (Å²) in [6.07, 6.45) is 3.55. The highest BCUT2D eigenvalue weighted by Gasteiger charge is 1.92. The predicted octanol–water partition coefficient (Wildman–Crippen LogP) is 2.66. The van der Waals surface area contributed by atoms with Gasteiger partial charge >= 0.3 is 0 Å². The van der Waals surface area contributed by atoms with Crippen molar-refractivity contribution in [1.82, 2.24) is 4.90 Å². The zero-order valence-electron chi connectivity index (χ0n) is 9.09. The van der Waals surface area contributed by atoms with Gasteiger partial charge in [-0.25, -0.2) is 0 Å². The summed E-state index contributed by atoms with van der Waals surface area (Å²) in [5, 5.41) is 0. The molecule has 0 bridgehead atoms. The molecule has 0 saturated carbocycles. The molecule has 0 atom stereocenters. The van der Waals surface area contributed by atoms with Crippen molar-refractivity contribution in [3.63, 3.8) is 0 Å². The molecule has 0 aromatic heterocycles. The van der Waals surface area contributed by atoms with Crippen LogP contribution in [-0.2, 0) is 4.79 Å². The van der Waals surface area contributed by atoms with Gasteiger partial charge in [0.25, 0.3) is 0 Å². The molecule has 12 heavy (non-hydrogen) atoms. The van der Waals surface area contributed by atoms with E-state index in [4.69, 9.17) is 0 Å². The van der Waals surface area contributed by atoms with E-state index in [0.29, 0.717) is 0 Å². The van der Waals surface area contributed by atoms with E-state index in [1.807, 2.05) is 13.0 Å². The van der Waals surface area contributed by atoms with E-state index in [9.17, 15) is 4.79 Å². The summed E-state index contributed by atoms with van der Waals surface area (Å²) in [6.45, 7) is 9.90. The third-order valence-electron chi connectivity index (χ3n) is 0.869. The molecule has 2 nitrogen and oxygen atoms in total. The summed E-state index contributed by atoms with van der Waals surface area (Å²) in [7, 11) is 1.72. The van der Waals surface area contributed by atoms with Crippen LogP contribution in [0.2, 0.25) is 0 Å². The van der Waals surface area contributed by atoms with Gasteiger partial charge in [-0.2, -0.15) is 0 Å². The first-order chi connectivity index (χ1) is 5.41. The van der Waals surface area contributed by atoms with Crippen LogP contribution >= 0.6 is 0 Å². The zero-order valence-corrected chi connectivity index (χ0v) is 9.09. The molecule has 0 N–H and O–H groups in total. The maximum atomic E-state index is 10.4. The van der Waals surface area contributed by atoms with Gasteiger partial charge in [-0.1, -0.05) is 26.8 Å². The van der Waals surface area contributed by atoms with Gasteiger partial charge in [0.15, 0.2) is 0 Å². The molecule has 0 aromatic rings. The van der Waals surface area contributed by atoms with Crippen LogP contribution in [0.5, 0.6) is 0 Å². The minimum atomic E-state index is 0.0584. The second-order valence-corrected chi connectivity index (χ2v) is 3.34. The van der Waals surface area contributed by atoms with Crippen LogP contribution in [0.25, 0.3) is 0 Å². The highest BCUT2D eigenvalue weighted by Crippen LogP contribution is 1.82. The molecule has 0 spiro atoms. The Morgan fingerprint density at radius 1 is 1.33 bits per heavy atom. The summed E-state index contributed by atoms with van der Waals surface area (Å²) in [6, 6.07) is 0. The molecule has 0 aliphatic rings. The first-order valence-corrected chi connectivity index (χ1v) is 4.28. The van der Waals surface area contributed by atoms with Gasteiger partial charge < -0.3 is 4.90 Å². The Morgan fingerprint density at radius 2 is 1.67 bits per heavy atom. The largest absolute Gasteiger partial charge is 0.323 e. The molecule has 2 heteroatoms. The van der Waals surface area contributed by atoms with Crippen molar-refractivity contribution in [2.75, 3.05) is 7.05 Å². The number of amides is 1. The summed E-state index contributed by atoms with van der Waals surface area (Å²) in [5.74, 6) is 0.892. The van der Waals surface area contributed by atoms with Crippen LogP contribution in [-0.4, -0.2) is 17.9 Å². The summed E-state index contributed by atoms with van der Waals surface area (Å²) >= 11 is 0. The molecule has 0 heterocycles. The normalized spacial score (nSPS) is 9.58. The molecule has 0 unspecified atom stereocenters. The van der Waals surface area contributed by atoms with Crippen molar-refractivity contribution < 1.29 is 4.79 Å². The first-order valence-electron chi connectivity index (χ1n) is 4.28. The van der Waals surface area contributed by atoms with E-state index in [1.165, 1.54) is 11.8 Å². The van der Waals surface area contributed by atoms with Crippen molar-refractivity contribution in [1.29, 1.82) is 0 Å². The fourth-order valence-electron chi connectivity index (χ4n) is 0.329. The average molecular weight is 171 g/mol. The third-order valence-corrected chi connectivity index (χ3v) is 0.869. The molecule has 72 valence electrons. The number of rotatable bonds is 1. The van der Waals surface area contributed by atoms with E-state index in [1.54, 1.807) is 13.2 Å². The molecule has 0 radical (unpaired) electrons. The van der Waals surface area contributed by atoms with Crippen molar-refractivity contribution in [3.05, 3.63) is 12.3 Å². The number of carbonyl (C=O) groups excluding carboxylic acids is 1. The Hall–Kier alpha value is -0.790. The van der Waals surface area contributed by atoms with E-state index in [2.05, 4.69) is 20.8 Å². The van der Waals surface area contributed by atoms with Crippen LogP contribution in [0.15, 0.2) is 12.3 Å². The fraction of sp³-hybridized carbons (Fsp3) is 0.700. The fourth-order valence-corrected chi connectivity index (χ4v) is 0.329. The number of hydrogen-bond donors (Lipinski definition) is 0. The maximum Gasteiger partial charge on any atom is 0.223 e. The highest BCUT2D eigenvalue weighted by atomic mass is 16.2. The van der Waals surface area contributed by atoms with E-state index < -0.39 is 0 Å². The molecule has 0 rings (SSSR count). The molecule has 0 aliphatic carbocycles. The monoisotopic (exact) mass is 171 g/mol. The smallest absolute Gasteiger partial charge is 0.223 e. The predicted molar refractivity (Wildman–Crippen MR) is 53.8 cm³/mol. The summed E-state index contributed by atoms with van der Waals surface area (Å²) < 4.78 is 0. The van der Waals surface area contributed by atoms with Crippen LogP contribution in [0, 0.1) is 5.92 Å². The molecule has 0 aliphatic heterocycles. The SMILES string of the molecule is C/C=C\N(C)C(C)=O.CC(C)C. The van der Waals surface area contributed by atoms with Crippen molar-refractivity contribution >= 4 is 5.91 Å². The molecule has 0 aromatic carbocycles. The lowest BCUT2D eigenvalue weighted by atomic mass is 10.3. The van der Waals surface area contributed by atoms with Crippen LogP contribution in [0.1, 0.15) is 34.6 Å². The quantitative estimate of drug-likeness (QED) is 0.594. The number of hydrogen-bond acceptors (Lipinski definition) is 1. The number of carbonyl (C=O) groups is 1. The van der Waals surface area contributed by atoms with E-state index in [0.717, 1.165) is 5.92 Å². The standard InChI is InChI=1S/C6H11NO.C4H10/c1-4-5-7(3)6(2)8;1-4(2)3/h4-5H,1-3H3;4H,1-3H3/b5-4-;. The van der Waals surface area contributed by atoms with Crippen LogP contribution in [0.3, 0.4) is 0 Å².